The molecular formula is C12H8F3NO. The highest BCUT2D eigenvalue weighted by Crippen LogP contribution is 2.24. The van der Waals surface area contributed by atoms with Crippen molar-refractivity contribution in [2.24, 2.45) is 0 Å². The van der Waals surface area contributed by atoms with Crippen LogP contribution >= 0.6 is 0 Å². The molecule has 2 rings (SSSR count). The Bertz CT molecular complexity index is 528. The number of aromatic nitrogens is 1. The lowest BCUT2D eigenvalue weighted by Crippen LogP contribution is -2.06. The average molecular weight is 239 g/mol. The molecule has 0 spiro atoms. The fourth-order valence-electron chi connectivity index (χ4n) is 1.44. The van der Waals surface area contributed by atoms with Crippen molar-refractivity contribution in [1.82, 2.24) is 4.98 Å². The van der Waals surface area contributed by atoms with E-state index in [1.54, 1.807) is 0 Å². The Balaban J connectivity index is 2.40. The third kappa shape index (κ3) is 2.29. The highest BCUT2D eigenvalue weighted by molar-refractivity contribution is 5.27. The van der Waals surface area contributed by atoms with Crippen molar-refractivity contribution in [1.29, 1.82) is 0 Å². The van der Waals surface area contributed by atoms with E-state index in [1.807, 2.05) is 0 Å². The number of halogens is 3. The zero-order valence-corrected chi connectivity index (χ0v) is 8.57. The second kappa shape index (κ2) is 4.55. The lowest BCUT2D eigenvalue weighted by Gasteiger charge is -2.11. The number of hydrogen-bond donors (Lipinski definition) is 1. The number of pyridine rings is 1. The van der Waals surface area contributed by atoms with Gasteiger partial charge in [0.2, 0.25) is 0 Å². The van der Waals surface area contributed by atoms with Crippen LogP contribution in [0.15, 0.2) is 36.5 Å². The second-order valence-corrected chi connectivity index (χ2v) is 3.45. The third-order valence-electron chi connectivity index (χ3n) is 2.31. The summed E-state index contributed by atoms with van der Waals surface area (Å²) in [5.74, 6) is -2.75. The van der Waals surface area contributed by atoms with Gasteiger partial charge in [-0.25, -0.2) is 13.2 Å². The summed E-state index contributed by atoms with van der Waals surface area (Å²) in [6, 6.07) is 5.77. The van der Waals surface area contributed by atoms with Gasteiger partial charge < -0.3 is 5.11 Å². The first kappa shape index (κ1) is 11.6. The van der Waals surface area contributed by atoms with Crippen molar-refractivity contribution >= 4 is 0 Å². The Morgan fingerprint density at radius 3 is 2.47 bits per heavy atom. The van der Waals surface area contributed by atoms with Crippen LogP contribution in [-0.4, -0.2) is 10.1 Å². The molecule has 0 fully saturated rings. The van der Waals surface area contributed by atoms with Crippen LogP contribution in [0.5, 0.6) is 0 Å². The molecule has 0 bridgehead atoms. The Hall–Kier alpha value is -1.88. The van der Waals surface area contributed by atoms with Gasteiger partial charge in [0.05, 0.1) is 11.9 Å². The third-order valence-corrected chi connectivity index (χ3v) is 2.31. The largest absolute Gasteiger partial charge is 0.382 e. The zero-order valence-electron chi connectivity index (χ0n) is 8.57. The van der Waals surface area contributed by atoms with E-state index in [0.29, 0.717) is 0 Å². The lowest BCUT2D eigenvalue weighted by molar-refractivity contribution is 0.208. The zero-order chi connectivity index (χ0) is 12.4. The van der Waals surface area contributed by atoms with Crippen LogP contribution in [0.2, 0.25) is 0 Å². The summed E-state index contributed by atoms with van der Waals surface area (Å²) in [5, 5.41) is 9.80. The summed E-state index contributed by atoms with van der Waals surface area (Å²) in [5.41, 5.74) is -0.181. The molecule has 0 aliphatic rings. The van der Waals surface area contributed by atoms with Crippen molar-refractivity contribution in [3.63, 3.8) is 0 Å². The fraction of sp³-hybridized carbons (Fsp3) is 0.0833. The van der Waals surface area contributed by atoms with Gasteiger partial charge in [-0.2, -0.15) is 0 Å². The summed E-state index contributed by atoms with van der Waals surface area (Å²) >= 11 is 0. The summed E-state index contributed by atoms with van der Waals surface area (Å²) in [7, 11) is 0. The van der Waals surface area contributed by atoms with E-state index >= 15 is 0 Å². The van der Waals surface area contributed by atoms with E-state index in [1.165, 1.54) is 18.2 Å². The van der Waals surface area contributed by atoms with Crippen LogP contribution in [0, 0.1) is 17.5 Å². The number of nitrogens with zero attached hydrogens (tertiary/aromatic N) is 1. The highest BCUT2D eigenvalue weighted by atomic mass is 19.2. The quantitative estimate of drug-likeness (QED) is 0.873. The molecule has 0 saturated carbocycles. The van der Waals surface area contributed by atoms with Crippen LogP contribution < -0.4 is 0 Å². The second-order valence-electron chi connectivity index (χ2n) is 3.45. The monoisotopic (exact) mass is 239 g/mol. The molecule has 0 radical (unpaired) electrons. The molecule has 1 heterocycles. The van der Waals surface area contributed by atoms with Crippen LogP contribution in [0.25, 0.3) is 0 Å². The minimum Gasteiger partial charge on any atom is -0.382 e. The molecule has 0 aliphatic carbocycles. The van der Waals surface area contributed by atoms with Crippen LogP contribution in [0.4, 0.5) is 13.2 Å². The van der Waals surface area contributed by atoms with Gasteiger partial charge in [-0.05, 0) is 18.2 Å². The summed E-state index contributed by atoms with van der Waals surface area (Å²) in [4.78, 5) is 3.61. The van der Waals surface area contributed by atoms with E-state index in [-0.39, 0.29) is 11.3 Å². The molecule has 1 N–H and O–H groups in total. The Labute approximate surface area is 95.4 Å². The summed E-state index contributed by atoms with van der Waals surface area (Å²) in [6.07, 6.45) is -0.526. The maximum atomic E-state index is 13.4. The molecule has 2 aromatic rings. The molecule has 0 aliphatic heterocycles. The number of benzene rings is 1. The SMILES string of the molecule is OC(c1ccc(F)cn1)c1cccc(F)c1F. The van der Waals surface area contributed by atoms with Gasteiger partial charge >= 0.3 is 0 Å². The normalized spacial score (nSPS) is 12.5. The molecule has 17 heavy (non-hydrogen) atoms. The van der Waals surface area contributed by atoms with E-state index in [4.69, 9.17) is 0 Å². The Kier molecular flexibility index (Phi) is 3.10. The van der Waals surface area contributed by atoms with Crippen molar-refractivity contribution in [2.75, 3.05) is 0 Å². The van der Waals surface area contributed by atoms with Gasteiger partial charge in [-0.3, -0.25) is 4.98 Å². The average Bonchev–Trinajstić information content (AvgIpc) is 2.33. The van der Waals surface area contributed by atoms with Crippen LogP contribution in [0.1, 0.15) is 17.4 Å². The lowest BCUT2D eigenvalue weighted by atomic mass is 10.1. The number of aliphatic hydroxyl groups excluding tert-OH is 1. The molecule has 0 amide bonds. The molecule has 1 aromatic carbocycles. The molecule has 2 nitrogen and oxygen atoms in total. The highest BCUT2D eigenvalue weighted by Gasteiger charge is 2.18. The maximum Gasteiger partial charge on any atom is 0.165 e. The van der Waals surface area contributed by atoms with Crippen molar-refractivity contribution in [2.45, 2.75) is 6.10 Å². The predicted molar refractivity (Wildman–Crippen MR) is 54.6 cm³/mol. The molecule has 1 atom stereocenters. The van der Waals surface area contributed by atoms with Crippen LogP contribution in [-0.2, 0) is 0 Å². The van der Waals surface area contributed by atoms with Crippen molar-refractivity contribution in [3.8, 4) is 0 Å². The number of hydrogen-bond acceptors (Lipinski definition) is 2. The Morgan fingerprint density at radius 1 is 1.06 bits per heavy atom. The predicted octanol–water partition coefficient (Wildman–Crippen LogP) is 2.58. The maximum absolute atomic E-state index is 13.4. The topological polar surface area (TPSA) is 33.1 Å². The van der Waals surface area contributed by atoms with Gasteiger partial charge in [0, 0.05) is 5.56 Å². The van der Waals surface area contributed by atoms with Crippen molar-refractivity contribution in [3.05, 3.63) is 65.2 Å². The number of aliphatic hydroxyl groups is 1. The molecule has 5 heteroatoms. The van der Waals surface area contributed by atoms with Crippen LogP contribution in [0.3, 0.4) is 0 Å². The van der Waals surface area contributed by atoms with E-state index < -0.39 is 23.6 Å². The Morgan fingerprint density at radius 2 is 1.82 bits per heavy atom. The van der Waals surface area contributed by atoms with E-state index in [2.05, 4.69) is 4.98 Å². The van der Waals surface area contributed by atoms with Gasteiger partial charge in [0.1, 0.15) is 11.9 Å². The first-order chi connectivity index (χ1) is 8.09. The van der Waals surface area contributed by atoms with Crippen molar-refractivity contribution < 1.29 is 18.3 Å². The first-order valence-electron chi connectivity index (χ1n) is 4.83. The molecule has 88 valence electrons. The van der Waals surface area contributed by atoms with Gasteiger partial charge in [-0.15, -0.1) is 0 Å². The standard InChI is InChI=1S/C12H8F3NO/c13-7-4-5-10(16-6-7)12(17)8-2-1-3-9(14)11(8)15/h1-6,12,17H. The fourth-order valence-corrected chi connectivity index (χ4v) is 1.44. The van der Waals surface area contributed by atoms with Gasteiger partial charge in [0.15, 0.2) is 11.6 Å². The minimum atomic E-state index is -1.42. The summed E-state index contributed by atoms with van der Waals surface area (Å²) < 4.78 is 39.0. The molecule has 1 aromatic heterocycles. The van der Waals surface area contributed by atoms with E-state index in [0.717, 1.165) is 18.3 Å². The summed E-state index contributed by atoms with van der Waals surface area (Å²) in [6.45, 7) is 0. The molecule has 1 unspecified atom stereocenters. The van der Waals surface area contributed by atoms with E-state index in [9.17, 15) is 18.3 Å². The number of rotatable bonds is 2. The van der Waals surface area contributed by atoms with Gasteiger partial charge in [0.25, 0.3) is 0 Å². The smallest absolute Gasteiger partial charge is 0.165 e. The minimum absolute atomic E-state index is 0.0518. The van der Waals surface area contributed by atoms with Gasteiger partial charge in [-0.1, -0.05) is 12.1 Å². The molecular weight excluding hydrogens is 231 g/mol. The molecule has 0 saturated heterocycles. The first-order valence-corrected chi connectivity index (χ1v) is 4.83.